The van der Waals surface area contributed by atoms with E-state index < -0.39 is 0 Å². The molecule has 1 aliphatic heterocycles. The third-order valence-electron chi connectivity index (χ3n) is 2.24. The van der Waals surface area contributed by atoms with E-state index in [0.29, 0.717) is 13.2 Å². The van der Waals surface area contributed by atoms with Crippen molar-refractivity contribution in [3.8, 4) is 11.5 Å². The molecule has 1 aromatic heterocycles. The van der Waals surface area contributed by atoms with Gasteiger partial charge in [-0.15, -0.1) is 11.3 Å². The van der Waals surface area contributed by atoms with E-state index in [2.05, 4.69) is 27.7 Å². The van der Waals surface area contributed by atoms with Crippen LogP contribution in [0.5, 0.6) is 11.5 Å². The summed E-state index contributed by atoms with van der Waals surface area (Å²) >= 11 is 1.79. The Hall–Kier alpha value is -0.700. The molecule has 0 saturated heterocycles. The van der Waals surface area contributed by atoms with Crippen molar-refractivity contribution in [2.24, 2.45) is 0 Å². The van der Waals surface area contributed by atoms with Gasteiger partial charge in [0, 0.05) is 10.3 Å². The first-order chi connectivity index (χ1) is 6.50. The molecule has 78 valence electrons. The van der Waals surface area contributed by atoms with Crippen molar-refractivity contribution in [1.82, 2.24) is 0 Å². The van der Waals surface area contributed by atoms with Crippen molar-refractivity contribution in [3.63, 3.8) is 0 Å². The van der Waals surface area contributed by atoms with Gasteiger partial charge in [-0.05, 0) is 6.92 Å². The maximum Gasteiger partial charge on any atom is 0.176 e. The van der Waals surface area contributed by atoms with Crippen molar-refractivity contribution in [3.05, 3.63) is 9.75 Å². The highest BCUT2D eigenvalue weighted by Gasteiger charge is 2.29. The van der Waals surface area contributed by atoms with Crippen molar-refractivity contribution in [1.29, 1.82) is 0 Å². The smallest absolute Gasteiger partial charge is 0.176 e. The third kappa shape index (κ3) is 1.50. The summed E-state index contributed by atoms with van der Waals surface area (Å²) in [6.45, 7) is 10.1. The molecular formula is C11H16O2S. The second-order valence-electron chi connectivity index (χ2n) is 4.59. The molecule has 2 nitrogen and oxygen atoms in total. The Morgan fingerprint density at radius 1 is 1.07 bits per heavy atom. The largest absolute Gasteiger partial charge is 0.485 e. The number of aryl methyl sites for hydroxylation is 1. The average Bonchev–Trinajstić information content (AvgIpc) is 2.44. The first-order valence-corrected chi connectivity index (χ1v) is 5.71. The van der Waals surface area contributed by atoms with Crippen LogP contribution < -0.4 is 9.47 Å². The molecule has 0 atom stereocenters. The van der Waals surface area contributed by atoms with Gasteiger partial charge in [-0.2, -0.15) is 0 Å². The lowest BCUT2D eigenvalue weighted by Gasteiger charge is -2.22. The summed E-state index contributed by atoms with van der Waals surface area (Å²) in [5.41, 5.74) is 0.143. The molecule has 1 aliphatic rings. The minimum absolute atomic E-state index is 0.143. The second kappa shape index (κ2) is 3.16. The fourth-order valence-corrected chi connectivity index (χ4v) is 2.69. The van der Waals surface area contributed by atoms with Gasteiger partial charge in [0.2, 0.25) is 0 Å². The lowest BCUT2D eigenvalue weighted by molar-refractivity contribution is 0.169. The summed E-state index contributed by atoms with van der Waals surface area (Å²) in [6.07, 6.45) is 0. The summed E-state index contributed by atoms with van der Waals surface area (Å²) in [7, 11) is 0. The van der Waals surface area contributed by atoms with Crippen LogP contribution in [0.3, 0.4) is 0 Å². The number of hydrogen-bond donors (Lipinski definition) is 0. The second-order valence-corrected chi connectivity index (χ2v) is 5.82. The van der Waals surface area contributed by atoms with Crippen LogP contribution in [0.2, 0.25) is 0 Å². The van der Waals surface area contributed by atoms with Gasteiger partial charge < -0.3 is 9.47 Å². The highest BCUT2D eigenvalue weighted by atomic mass is 32.1. The maximum absolute atomic E-state index is 5.69. The molecule has 0 spiro atoms. The molecule has 2 heterocycles. The van der Waals surface area contributed by atoms with Crippen LogP contribution in [0.25, 0.3) is 0 Å². The van der Waals surface area contributed by atoms with Crippen LogP contribution in [0.15, 0.2) is 0 Å². The van der Waals surface area contributed by atoms with Crippen LogP contribution in [0.4, 0.5) is 0 Å². The first-order valence-electron chi connectivity index (χ1n) is 4.89. The number of thiophene rings is 1. The standard InChI is InChI=1S/C11H16O2S/c1-7-8-9(13-6-5-12-8)10(14-7)11(2,3)4/h5-6H2,1-4H3. The van der Waals surface area contributed by atoms with Gasteiger partial charge >= 0.3 is 0 Å². The SMILES string of the molecule is Cc1sc(C(C)(C)C)c2c1OCCO2. The summed E-state index contributed by atoms with van der Waals surface area (Å²) in [4.78, 5) is 2.52. The van der Waals surface area contributed by atoms with Gasteiger partial charge in [0.05, 0.1) is 4.88 Å². The maximum atomic E-state index is 5.69. The summed E-state index contributed by atoms with van der Waals surface area (Å²) in [6, 6.07) is 0. The number of rotatable bonds is 0. The van der Waals surface area contributed by atoms with Gasteiger partial charge in [-0.3, -0.25) is 0 Å². The molecule has 0 radical (unpaired) electrons. The molecule has 0 fully saturated rings. The lowest BCUT2D eigenvalue weighted by Crippen LogP contribution is -2.18. The van der Waals surface area contributed by atoms with E-state index in [1.165, 1.54) is 9.75 Å². The Kier molecular flexibility index (Phi) is 2.22. The fraction of sp³-hybridized carbons (Fsp3) is 0.636. The van der Waals surface area contributed by atoms with Gasteiger partial charge in [0.1, 0.15) is 13.2 Å². The molecular weight excluding hydrogens is 196 g/mol. The minimum Gasteiger partial charge on any atom is -0.485 e. The van der Waals surface area contributed by atoms with E-state index in [4.69, 9.17) is 9.47 Å². The van der Waals surface area contributed by atoms with Crippen molar-refractivity contribution < 1.29 is 9.47 Å². The fourth-order valence-electron chi connectivity index (χ4n) is 1.59. The van der Waals surface area contributed by atoms with Gasteiger partial charge in [0.15, 0.2) is 11.5 Å². The van der Waals surface area contributed by atoms with E-state index >= 15 is 0 Å². The molecule has 0 saturated carbocycles. The minimum atomic E-state index is 0.143. The Morgan fingerprint density at radius 3 is 2.21 bits per heavy atom. The molecule has 0 bridgehead atoms. The molecule has 0 unspecified atom stereocenters. The zero-order valence-corrected chi connectivity index (χ0v) is 9.96. The van der Waals surface area contributed by atoms with Gasteiger partial charge in [-0.1, -0.05) is 20.8 Å². The Bertz CT molecular complexity index is 347. The van der Waals surface area contributed by atoms with Crippen molar-refractivity contribution in [2.75, 3.05) is 13.2 Å². The summed E-state index contributed by atoms with van der Waals surface area (Å²) in [5.74, 6) is 1.94. The molecule has 14 heavy (non-hydrogen) atoms. The molecule has 2 rings (SSSR count). The van der Waals surface area contributed by atoms with Crippen LogP contribution in [0, 0.1) is 6.92 Å². The Balaban J connectivity index is 2.52. The highest BCUT2D eigenvalue weighted by Crippen LogP contribution is 2.48. The molecule has 0 amide bonds. The molecule has 0 aliphatic carbocycles. The van der Waals surface area contributed by atoms with Crippen LogP contribution in [-0.2, 0) is 5.41 Å². The molecule has 3 heteroatoms. The van der Waals surface area contributed by atoms with Crippen LogP contribution in [0.1, 0.15) is 30.5 Å². The summed E-state index contributed by atoms with van der Waals surface area (Å²) in [5, 5.41) is 0. The zero-order valence-electron chi connectivity index (χ0n) is 9.14. The average molecular weight is 212 g/mol. The molecule has 0 aromatic carbocycles. The predicted octanol–water partition coefficient (Wildman–Crippen LogP) is 3.13. The van der Waals surface area contributed by atoms with Crippen LogP contribution >= 0.6 is 11.3 Å². The van der Waals surface area contributed by atoms with Crippen LogP contribution in [-0.4, -0.2) is 13.2 Å². The number of hydrogen-bond acceptors (Lipinski definition) is 3. The molecule has 0 N–H and O–H groups in total. The van der Waals surface area contributed by atoms with Gasteiger partial charge in [-0.25, -0.2) is 0 Å². The van der Waals surface area contributed by atoms with Gasteiger partial charge in [0.25, 0.3) is 0 Å². The Morgan fingerprint density at radius 2 is 1.64 bits per heavy atom. The van der Waals surface area contributed by atoms with E-state index in [0.717, 1.165) is 11.5 Å². The van der Waals surface area contributed by atoms with E-state index in [-0.39, 0.29) is 5.41 Å². The quantitative estimate of drug-likeness (QED) is 0.658. The highest BCUT2D eigenvalue weighted by molar-refractivity contribution is 7.12. The zero-order chi connectivity index (χ0) is 10.3. The number of fused-ring (bicyclic) bond motifs is 1. The first kappa shape index (κ1) is 9.84. The summed E-state index contributed by atoms with van der Waals surface area (Å²) < 4.78 is 11.3. The van der Waals surface area contributed by atoms with E-state index in [1.54, 1.807) is 11.3 Å². The van der Waals surface area contributed by atoms with E-state index in [9.17, 15) is 0 Å². The van der Waals surface area contributed by atoms with E-state index in [1.807, 2.05) is 0 Å². The van der Waals surface area contributed by atoms with Crippen molar-refractivity contribution >= 4 is 11.3 Å². The molecule has 1 aromatic rings. The number of ether oxygens (including phenoxy) is 2. The predicted molar refractivity (Wildman–Crippen MR) is 58.7 cm³/mol. The lowest BCUT2D eigenvalue weighted by atomic mass is 9.94. The normalized spacial score (nSPS) is 15.7. The monoisotopic (exact) mass is 212 g/mol. The Labute approximate surface area is 88.8 Å². The topological polar surface area (TPSA) is 18.5 Å². The third-order valence-corrected chi connectivity index (χ3v) is 3.74. The van der Waals surface area contributed by atoms with Crippen molar-refractivity contribution in [2.45, 2.75) is 33.1 Å².